The number of rotatable bonds is 3. The van der Waals surface area contributed by atoms with Crippen LogP contribution in [-0.2, 0) is 4.79 Å². The van der Waals surface area contributed by atoms with Gasteiger partial charge < -0.3 is 4.90 Å². The molecular formula is C14H16F2N2O. The van der Waals surface area contributed by atoms with Gasteiger partial charge in [-0.1, -0.05) is 6.07 Å². The van der Waals surface area contributed by atoms with Crippen molar-refractivity contribution in [1.82, 2.24) is 10.2 Å². The topological polar surface area (TPSA) is 32.3 Å². The summed E-state index contributed by atoms with van der Waals surface area (Å²) in [4.78, 5) is 13.7. The number of hydrogen-bond acceptors (Lipinski definition) is 2. The van der Waals surface area contributed by atoms with Gasteiger partial charge in [-0.15, -0.1) is 0 Å². The van der Waals surface area contributed by atoms with Gasteiger partial charge in [-0.05, 0) is 43.4 Å². The van der Waals surface area contributed by atoms with Crippen LogP contribution >= 0.6 is 0 Å². The third-order valence-corrected chi connectivity index (χ3v) is 4.02. The first kappa shape index (κ1) is 12.5. The van der Waals surface area contributed by atoms with E-state index < -0.39 is 11.6 Å². The largest absolute Gasteiger partial charge is 0.319 e. The molecule has 3 rings (SSSR count). The van der Waals surface area contributed by atoms with Crippen LogP contribution in [0.5, 0.6) is 0 Å². The van der Waals surface area contributed by atoms with Crippen LogP contribution in [0.2, 0.25) is 0 Å². The van der Waals surface area contributed by atoms with Crippen molar-refractivity contribution in [3.8, 4) is 0 Å². The molecule has 1 saturated carbocycles. The average molecular weight is 266 g/mol. The summed E-state index contributed by atoms with van der Waals surface area (Å²) < 4.78 is 26.3. The van der Waals surface area contributed by atoms with Crippen LogP contribution in [0.25, 0.3) is 0 Å². The maximum absolute atomic E-state index is 13.3. The third-order valence-electron chi connectivity index (χ3n) is 4.02. The van der Waals surface area contributed by atoms with Crippen molar-refractivity contribution in [2.75, 3.05) is 6.54 Å². The maximum atomic E-state index is 13.3. The minimum absolute atomic E-state index is 0.0223. The van der Waals surface area contributed by atoms with E-state index in [9.17, 15) is 13.6 Å². The number of hydrogen-bond donors (Lipinski definition) is 1. The van der Waals surface area contributed by atoms with Crippen LogP contribution in [-0.4, -0.2) is 23.4 Å². The highest BCUT2D eigenvalue weighted by Crippen LogP contribution is 2.39. The Bertz CT molecular complexity index is 516. The van der Waals surface area contributed by atoms with E-state index in [2.05, 4.69) is 5.32 Å². The Hall–Kier alpha value is -1.49. The fourth-order valence-electron chi connectivity index (χ4n) is 2.75. The molecule has 2 fully saturated rings. The first-order valence-corrected chi connectivity index (χ1v) is 6.57. The molecule has 1 amide bonds. The molecule has 1 aliphatic heterocycles. The van der Waals surface area contributed by atoms with Crippen LogP contribution in [0.1, 0.15) is 31.5 Å². The summed E-state index contributed by atoms with van der Waals surface area (Å²) in [5.41, 5.74) is 0.595. The highest BCUT2D eigenvalue weighted by molar-refractivity contribution is 5.81. The second-order valence-corrected chi connectivity index (χ2v) is 5.34. The van der Waals surface area contributed by atoms with Crippen molar-refractivity contribution in [2.45, 2.75) is 32.0 Å². The SMILES string of the molecule is CC(C1CC1)N1C(=O)CNC1c1ccc(F)c(F)c1. The Morgan fingerprint density at radius 2 is 2.05 bits per heavy atom. The van der Waals surface area contributed by atoms with Gasteiger partial charge in [0, 0.05) is 6.04 Å². The van der Waals surface area contributed by atoms with Crippen LogP contribution in [0, 0.1) is 17.6 Å². The van der Waals surface area contributed by atoms with E-state index in [0.29, 0.717) is 11.5 Å². The average Bonchev–Trinajstić information content (AvgIpc) is 3.16. The molecule has 2 aliphatic rings. The zero-order valence-electron chi connectivity index (χ0n) is 10.7. The molecule has 1 saturated heterocycles. The predicted octanol–water partition coefficient (Wildman–Crippen LogP) is 2.19. The van der Waals surface area contributed by atoms with E-state index in [4.69, 9.17) is 0 Å². The molecule has 1 aromatic carbocycles. The Labute approximate surface area is 110 Å². The number of carbonyl (C=O) groups is 1. The summed E-state index contributed by atoms with van der Waals surface area (Å²) in [5, 5.41) is 3.07. The molecule has 3 nitrogen and oxygen atoms in total. The zero-order valence-corrected chi connectivity index (χ0v) is 10.7. The number of nitrogens with one attached hydrogen (secondary N) is 1. The molecule has 1 aromatic rings. The molecule has 0 spiro atoms. The Morgan fingerprint density at radius 3 is 2.68 bits per heavy atom. The van der Waals surface area contributed by atoms with Crippen molar-refractivity contribution in [3.05, 3.63) is 35.4 Å². The highest BCUT2D eigenvalue weighted by Gasteiger charge is 2.41. The first-order valence-electron chi connectivity index (χ1n) is 6.57. The van der Waals surface area contributed by atoms with E-state index in [1.165, 1.54) is 6.07 Å². The van der Waals surface area contributed by atoms with Crippen molar-refractivity contribution in [2.24, 2.45) is 5.92 Å². The van der Waals surface area contributed by atoms with Gasteiger partial charge in [0.1, 0.15) is 6.17 Å². The summed E-state index contributed by atoms with van der Waals surface area (Å²) in [6, 6.07) is 3.94. The van der Waals surface area contributed by atoms with E-state index >= 15 is 0 Å². The molecule has 19 heavy (non-hydrogen) atoms. The van der Waals surface area contributed by atoms with Gasteiger partial charge in [-0.25, -0.2) is 8.78 Å². The van der Waals surface area contributed by atoms with Crippen LogP contribution in [0.3, 0.4) is 0 Å². The first-order chi connectivity index (χ1) is 9.08. The van der Waals surface area contributed by atoms with E-state index in [-0.39, 0.29) is 24.7 Å². The molecule has 1 N–H and O–H groups in total. The van der Waals surface area contributed by atoms with Gasteiger partial charge in [-0.3, -0.25) is 10.1 Å². The third kappa shape index (κ3) is 2.23. The highest BCUT2D eigenvalue weighted by atomic mass is 19.2. The summed E-state index contributed by atoms with van der Waals surface area (Å²) in [5.74, 6) is -1.18. The van der Waals surface area contributed by atoms with Crippen LogP contribution < -0.4 is 5.32 Å². The lowest BCUT2D eigenvalue weighted by Gasteiger charge is -2.30. The number of benzene rings is 1. The Kier molecular flexibility index (Phi) is 3.01. The lowest BCUT2D eigenvalue weighted by molar-refractivity contribution is -0.130. The van der Waals surface area contributed by atoms with Gasteiger partial charge in [-0.2, -0.15) is 0 Å². The Morgan fingerprint density at radius 1 is 1.32 bits per heavy atom. The fraction of sp³-hybridized carbons (Fsp3) is 0.500. The minimum Gasteiger partial charge on any atom is -0.319 e. The normalized spacial score (nSPS) is 24.9. The van der Waals surface area contributed by atoms with Gasteiger partial charge in [0.25, 0.3) is 0 Å². The monoisotopic (exact) mass is 266 g/mol. The van der Waals surface area contributed by atoms with Gasteiger partial charge in [0.05, 0.1) is 6.54 Å². The maximum Gasteiger partial charge on any atom is 0.238 e. The van der Waals surface area contributed by atoms with Gasteiger partial charge in [0.2, 0.25) is 5.91 Å². The molecule has 102 valence electrons. The van der Waals surface area contributed by atoms with Crippen LogP contribution in [0.15, 0.2) is 18.2 Å². The Balaban J connectivity index is 1.89. The second kappa shape index (κ2) is 4.56. The van der Waals surface area contributed by atoms with Crippen LogP contribution in [0.4, 0.5) is 8.78 Å². The van der Waals surface area contributed by atoms with Crippen molar-refractivity contribution in [3.63, 3.8) is 0 Å². The minimum atomic E-state index is -0.877. The molecule has 0 bridgehead atoms. The second-order valence-electron chi connectivity index (χ2n) is 5.34. The fourth-order valence-corrected chi connectivity index (χ4v) is 2.75. The molecule has 5 heteroatoms. The quantitative estimate of drug-likeness (QED) is 0.909. The van der Waals surface area contributed by atoms with Gasteiger partial charge in [0.15, 0.2) is 11.6 Å². The summed E-state index contributed by atoms with van der Waals surface area (Å²) in [6.45, 7) is 2.27. The smallest absolute Gasteiger partial charge is 0.238 e. The number of halogens is 2. The van der Waals surface area contributed by atoms with Gasteiger partial charge >= 0.3 is 0 Å². The molecule has 1 aliphatic carbocycles. The standard InChI is InChI=1S/C14H16F2N2O/c1-8(9-2-3-9)18-13(19)7-17-14(18)10-4-5-11(15)12(16)6-10/h4-6,8-9,14,17H,2-3,7H2,1H3. The number of carbonyl (C=O) groups excluding carboxylic acids is 1. The number of amides is 1. The molecule has 0 radical (unpaired) electrons. The van der Waals surface area contributed by atoms with E-state index in [0.717, 1.165) is 25.0 Å². The molecule has 0 aromatic heterocycles. The predicted molar refractivity (Wildman–Crippen MR) is 66.1 cm³/mol. The van der Waals surface area contributed by atoms with Crippen molar-refractivity contribution in [1.29, 1.82) is 0 Å². The van der Waals surface area contributed by atoms with Crippen molar-refractivity contribution < 1.29 is 13.6 Å². The summed E-state index contributed by atoms with van der Waals surface area (Å²) in [6.07, 6.45) is 1.92. The lowest BCUT2D eigenvalue weighted by Crippen LogP contribution is -2.39. The van der Waals surface area contributed by atoms with Crippen molar-refractivity contribution >= 4 is 5.91 Å². The summed E-state index contributed by atoms with van der Waals surface area (Å²) in [7, 11) is 0. The molecule has 1 heterocycles. The zero-order chi connectivity index (χ0) is 13.6. The summed E-state index contributed by atoms with van der Waals surface area (Å²) >= 11 is 0. The molecule has 2 unspecified atom stereocenters. The number of nitrogens with zero attached hydrogens (tertiary/aromatic N) is 1. The van der Waals surface area contributed by atoms with E-state index in [1.54, 1.807) is 4.90 Å². The lowest BCUT2D eigenvalue weighted by atomic mass is 10.1. The molecular weight excluding hydrogens is 250 g/mol. The van der Waals surface area contributed by atoms with E-state index in [1.807, 2.05) is 6.92 Å². The molecule has 2 atom stereocenters.